The van der Waals surface area contributed by atoms with Crippen LogP contribution in [0.15, 0.2) is 72.9 Å². The highest BCUT2D eigenvalue weighted by Gasteiger charge is 2.21. The first-order valence-electron chi connectivity index (χ1n) is 26.6. The Hall–Kier alpha value is -2.55. The number of carbonyl (C=O) groups excluding carboxylic acids is 2. The predicted molar refractivity (Wildman–Crippen MR) is 277 cm³/mol. The molecule has 382 valence electrons. The molecule has 0 aliphatic carbocycles. The third-order valence-corrected chi connectivity index (χ3v) is 12.2. The first kappa shape index (κ1) is 63.5. The molecule has 0 aromatic heterocycles. The number of quaternary nitrogens is 1. The van der Waals surface area contributed by atoms with Crippen molar-refractivity contribution in [1.29, 1.82) is 0 Å². The van der Waals surface area contributed by atoms with Crippen molar-refractivity contribution in [3.63, 3.8) is 0 Å². The number of esters is 2. The fourth-order valence-electron chi connectivity index (χ4n) is 7.13. The van der Waals surface area contributed by atoms with Crippen LogP contribution in [0.3, 0.4) is 0 Å². The zero-order chi connectivity index (χ0) is 48.5. The molecule has 9 nitrogen and oxygen atoms in total. The zero-order valence-electron chi connectivity index (χ0n) is 43.1. The highest BCUT2D eigenvalue weighted by molar-refractivity contribution is 7.45. The molecule has 2 atom stereocenters. The maximum atomic E-state index is 12.7. The molecule has 0 radical (unpaired) electrons. The number of phosphoric acid groups is 1. The van der Waals surface area contributed by atoms with E-state index in [1.807, 2.05) is 21.1 Å². The van der Waals surface area contributed by atoms with Crippen LogP contribution in [0.4, 0.5) is 0 Å². The third kappa shape index (κ3) is 50.9. The normalized spacial score (nSPS) is 14.0. The van der Waals surface area contributed by atoms with Gasteiger partial charge in [0.2, 0.25) is 0 Å². The average molecular weight is 946 g/mol. The number of likely N-dealkylation sites (N-methyl/N-ethyl adjacent to an activating group) is 1. The Morgan fingerprint density at radius 1 is 0.485 bits per heavy atom. The molecular weight excluding hydrogens is 846 g/mol. The van der Waals surface area contributed by atoms with Gasteiger partial charge in [-0.05, 0) is 64.2 Å². The summed E-state index contributed by atoms with van der Waals surface area (Å²) in [4.78, 5) is 37.3. The van der Waals surface area contributed by atoms with E-state index in [9.17, 15) is 19.0 Å². The second kappa shape index (κ2) is 47.5. The lowest BCUT2D eigenvalue weighted by molar-refractivity contribution is -0.870. The molecule has 0 saturated heterocycles. The van der Waals surface area contributed by atoms with Gasteiger partial charge in [-0.25, -0.2) is 0 Å². The van der Waals surface area contributed by atoms with E-state index in [-0.39, 0.29) is 26.1 Å². The Kier molecular flexibility index (Phi) is 45.7. The molecule has 2 unspecified atom stereocenters. The Balaban J connectivity index is 3.83. The van der Waals surface area contributed by atoms with Gasteiger partial charge in [0, 0.05) is 12.8 Å². The highest BCUT2D eigenvalue weighted by Crippen LogP contribution is 2.38. The molecule has 0 amide bonds. The number of nitrogens with zero attached hydrogens (tertiary/aromatic N) is 1. The van der Waals surface area contributed by atoms with Crippen molar-refractivity contribution in [2.45, 2.75) is 225 Å². The Bertz CT molecular complexity index is 1350. The number of hydrogen-bond acceptors (Lipinski definition) is 8. The summed E-state index contributed by atoms with van der Waals surface area (Å²) < 4.78 is 33.7. The molecule has 0 bridgehead atoms. The van der Waals surface area contributed by atoms with Crippen molar-refractivity contribution in [1.82, 2.24) is 0 Å². The van der Waals surface area contributed by atoms with E-state index in [2.05, 4.69) is 86.8 Å². The molecule has 0 saturated carbocycles. The van der Waals surface area contributed by atoms with Crippen LogP contribution in [0.5, 0.6) is 0 Å². The van der Waals surface area contributed by atoms with E-state index >= 15 is 0 Å². The lowest BCUT2D eigenvalue weighted by atomic mass is 10.0. The fraction of sp³-hybridized carbons (Fsp3) is 0.750. The van der Waals surface area contributed by atoms with Gasteiger partial charge in [0.1, 0.15) is 19.8 Å². The molecule has 0 fully saturated rings. The minimum atomic E-state index is -4.62. The monoisotopic (exact) mass is 946 g/mol. The van der Waals surface area contributed by atoms with Crippen LogP contribution in [-0.2, 0) is 32.7 Å². The molecule has 66 heavy (non-hydrogen) atoms. The number of allylic oxidation sites excluding steroid dienone is 12. The van der Waals surface area contributed by atoms with Crippen molar-refractivity contribution >= 4 is 19.8 Å². The Morgan fingerprint density at radius 3 is 1.29 bits per heavy atom. The van der Waals surface area contributed by atoms with E-state index in [0.717, 1.165) is 89.9 Å². The second-order valence-electron chi connectivity index (χ2n) is 18.9. The fourth-order valence-corrected chi connectivity index (χ4v) is 7.86. The molecule has 0 heterocycles. The highest BCUT2D eigenvalue weighted by atomic mass is 31.2. The van der Waals surface area contributed by atoms with Gasteiger partial charge in [-0.2, -0.15) is 0 Å². The van der Waals surface area contributed by atoms with Crippen molar-refractivity contribution < 1.29 is 42.1 Å². The van der Waals surface area contributed by atoms with Crippen LogP contribution in [0.25, 0.3) is 0 Å². The molecule has 0 aliphatic heterocycles. The summed E-state index contributed by atoms with van der Waals surface area (Å²) in [5.74, 6) is -0.845. The molecular formula is C56H100NO8P. The Labute approximate surface area is 406 Å². The molecule has 0 rings (SSSR count). The zero-order valence-corrected chi connectivity index (χ0v) is 44.0. The number of carbonyl (C=O) groups is 2. The average Bonchev–Trinajstić information content (AvgIpc) is 3.27. The van der Waals surface area contributed by atoms with Gasteiger partial charge >= 0.3 is 11.9 Å². The largest absolute Gasteiger partial charge is 0.756 e. The first-order valence-corrected chi connectivity index (χ1v) is 28.1. The van der Waals surface area contributed by atoms with Gasteiger partial charge in [-0.3, -0.25) is 14.2 Å². The van der Waals surface area contributed by atoms with E-state index in [1.165, 1.54) is 96.3 Å². The predicted octanol–water partition coefficient (Wildman–Crippen LogP) is 15.5. The summed E-state index contributed by atoms with van der Waals surface area (Å²) in [6.45, 7) is 4.02. The van der Waals surface area contributed by atoms with Crippen molar-refractivity contribution in [3.05, 3.63) is 72.9 Å². The molecule has 0 N–H and O–H groups in total. The summed E-state index contributed by atoms with van der Waals surface area (Å²) in [5.41, 5.74) is 0. The summed E-state index contributed by atoms with van der Waals surface area (Å²) in [7, 11) is 1.17. The molecule has 10 heteroatoms. The summed E-state index contributed by atoms with van der Waals surface area (Å²) >= 11 is 0. The van der Waals surface area contributed by atoms with Crippen LogP contribution < -0.4 is 4.89 Å². The standard InChI is InChI=1S/C56H100NO8P/c1-6-8-10-12-13-14-15-16-17-18-19-20-21-22-23-24-25-26-27-28-29-30-31-32-33-34-35-36-37-38-39-40-41-42-43-45-47-49-56(59)65-54(52-62-55(58)48-46-44-11-9-7-2)53-64-66(60,61)63-51-50-57(3,4)5/h8,10,13-14,16-17,19-20,22-23,25-26,54H,6-7,9,11-12,15,18,21,24,27-53H2,1-5H3/b10-8-,14-13-,17-16-,20-19-,23-22-,26-25-. The number of phosphoric ester groups is 1. The van der Waals surface area contributed by atoms with Gasteiger partial charge in [-0.1, -0.05) is 215 Å². The number of rotatable bonds is 48. The second-order valence-corrected chi connectivity index (χ2v) is 20.3. The first-order chi connectivity index (χ1) is 32.0. The number of ether oxygens (including phenoxy) is 2. The minimum absolute atomic E-state index is 0.0309. The third-order valence-electron chi connectivity index (χ3n) is 11.2. The van der Waals surface area contributed by atoms with Gasteiger partial charge in [0.15, 0.2) is 6.10 Å². The van der Waals surface area contributed by atoms with Crippen LogP contribution in [0.2, 0.25) is 0 Å². The molecule has 0 aliphatic rings. The van der Waals surface area contributed by atoms with Crippen molar-refractivity contribution in [2.75, 3.05) is 47.5 Å². The van der Waals surface area contributed by atoms with E-state index in [4.69, 9.17) is 18.5 Å². The minimum Gasteiger partial charge on any atom is -0.756 e. The van der Waals surface area contributed by atoms with Gasteiger partial charge < -0.3 is 27.9 Å². The Morgan fingerprint density at radius 2 is 0.864 bits per heavy atom. The summed E-state index contributed by atoms with van der Waals surface area (Å²) in [5, 5.41) is 0. The van der Waals surface area contributed by atoms with E-state index in [0.29, 0.717) is 17.4 Å². The molecule has 0 aromatic rings. The topological polar surface area (TPSA) is 111 Å². The summed E-state index contributed by atoms with van der Waals surface area (Å²) in [6, 6.07) is 0. The van der Waals surface area contributed by atoms with Crippen molar-refractivity contribution in [2.24, 2.45) is 0 Å². The maximum absolute atomic E-state index is 12.7. The van der Waals surface area contributed by atoms with E-state index < -0.39 is 32.5 Å². The maximum Gasteiger partial charge on any atom is 0.306 e. The lowest BCUT2D eigenvalue weighted by Crippen LogP contribution is -2.37. The smallest absolute Gasteiger partial charge is 0.306 e. The lowest BCUT2D eigenvalue weighted by Gasteiger charge is -2.28. The van der Waals surface area contributed by atoms with Crippen molar-refractivity contribution in [3.8, 4) is 0 Å². The summed E-state index contributed by atoms with van der Waals surface area (Å²) in [6.07, 6.45) is 61.6. The number of hydrogen-bond donors (Lipinski definition) is 0. The van der Waals surface area contributed by atoms with Gasteiger partial charge in [0.05, 0.1) is 27.7 Å². The van der Waals surface area contributed by atoms with Crippen LogP contribution in [0, 0.1) is 0 Å². The van der Waals surface area contributed by atoms with Crippen LogP contribution in [-0.4, -0.2) is 70.0 Å². The number of unbranched alkanes of at least 4 members (excludes halogenated alkanes) is 22. The van der Waals surface area contributed by atoms with Crippen LogP contribution >= 0.6 is 7.82 Å². The van der Waals surface area contributed by atoms with Crippen LogP contribution in [0.1, 0.15) is 219 Å². The van der Waals surface area contributed by atoms with Gasteiger partial charge in [-0.15, -0.1) is 0 Å². The van der Waals surface area contributed by atoms with Gasteiger partial charge in [0.25, 0.3) is 7.82 Å². The van der Waals surface area contributed by atoms with E-state index in [1.54, 1.807) is 0 Å². The molecule has 0 spiro atoms. The quantitative estimate of drug-likeness (QED) is 0.0195. The molecule has 0 aromatic carbocycles. The SMILES string of the molecule is CC/C=C\C/C=C\C/C=C\C/C=C\C/C=C\C/C=C\CCCCCCCCCCCCCCCCCCCCC(=O)OC(COC(=O)CCCCCCC)COP(=O)([O-])OCC[N+](C)(C)C.